The van der Waals surface area contributed by atoms with E-state index in [4.69, 9.17) is 9.15 Å². The number of hydrogen-bond donors (Lipinski definition) is 0. The summed E-state index contributed by atoms with van der Waals surface area (Å²) in [4.78, 5) is 12.0. The molecule has 0 N–H and O–H groups in total. The fourth-order valence-electron chi connectivity index (χ4n) is 2.95. The number of rotatable bonds is 4. The molecule has 0 saturated carbocycles. The van der Waals surface area contributed by atoms with E-state index in [9.17, 15) is 0 Å². The van der Waals surface area contributed by atoms with E-state index in [1.165, 1.54) is 16.9 Å². The lowest BCUT2D eigenvalue weighted by atomic mass is 10.2. The molecule has 0 unspecified atom stereocenters. The predicted molar refractivity (Wildman–Crippen MR) is 91.4 cm³/mol. The van der Waals surface area contributed by atoms with E-state index in [0.29, 0.717) is 17.7 Å². The number of nitrogens with zero attached hydrogens (tertiary/aromatic N) is 4. The third kappa shape index (κ3) is 2.30. The second-order valence-corrected chi connectivity index (χ2v) is 7.51. The minimum absolute atomic E-state index is 0.203. The van der Waals surface area contributed by atoms with Crippen LogP contribution in [0.2, 0.25) is 0 Å². The maximum Gasteiger partial charge on any atom is 0.257 e. The van der Waals surface area contributed by atoms with Crippen LogP contribution in [0, 0.1) is 0 Å². The first-order chi connectivity index (χ1) is 11.9. The van der Waals surface area contributed by atoms with Crippen molar-refractivity contribution in [1.82, 2.24) is 20.2 Å². The van der Waals surface area contributed by atoms with Crippen molar-refractivity contribution in [1.29, 1.82) is 0 Å². The molecule has 0 spiro atoms. The molecule has 5 rings (SSSR count). The van der Waals surface area contributed by atoms with Crippen LogP contribution in [0.3, 0.4) is 0 Å². The molecule has 120 valence electrons. The standard InChI is InChI=1S/C16H12N4O2S2/c1-3-9-10(4-1)24-16-13(9)15(17-8-18-16)21-7-12-19-20-14(22-12)11-5-2-6-23-11/h2,5-6,8H,1,3-4,7H2. The first-order valence-electron chi connectivity index (χ1n) is 7.63. The highest BCUT2D eigenvalue weighted by Crippen LogP contribution is 2.40. The van der Waals surface area contributed by atoms with Gasteiger partial charge in [0.05, 0.1) is 10.3 Å². The van der Waals surface area contributed by atoms with Crippen molar-refractivity contribution in [3.05, 3.63) is 40.2 Å². The topological polar surface area (TPSA) is 73.9 Å². The average molecular weight is 356 g/mol. The first-order valence-corrected chi connectivity index (χ1v) is 9.32. The summed E-state index contributed by atoms with van der Waals surface area (Å²) in [6.07, 6.45) is 4.94. The zero-order valence-corrected chi connectivity index (χ0v) is 14.2. The van der Waals surface area contributed by atoms with Crippen molar-refractivity contribution < 1.29 is 9.15 Å². The van der Waals surface area contributed by atoms with Gasteiger partial charge >= 0.3 is 0 Å². The maximum atomic E-state index is 5.88. The summed E-state index contributed by atoms with van der Waals surface area (Å²) < 4.78 is 11.5. The molecule has 0 amide bonds. The predicted octanol–water partition coefficient (Wildman–Crippen LogP) is 3.87. The van der Waals surface area contributed by atoms with Crippen molar-refractivity contribution in [2.75, 3.05) is 0 Å². The summed E-state index contributed by atoms with van der Waals surface area (Å²) in [5, 5.41) is 11.1. The molecule has 0 aromatic carbocycles. The molecule has 8 heteroatoms. The molecule has 0 bridgehead atoms. The van der Waals surface area contributed by atoms with Gasteiger partial charge in [0.2, 0.25) is 5.88 Å². The number of thiophene rings is 2. The smallest absolute Gasteiger partial charge is 0.257 e. The molecule has 4 aromatic heterocycles. The largest absolute Gasteiger partial charge is 0.467 e. The Balaban J connectivity index is 1.42. The minimum atomic E-state index is 0.203. The Bertz CT molecular complexity index is 1010. The fourth-order valence-corrected chi connectivity index (χ4v) is 4.81. The van der Waals surface area contributed by atoms with Crippen LogP contribution in [0.5, 0.6) is 5.88 Å². The minimum Gasteiger partial charge on any atom is -0.467 e. The van der Waals surface area contributed by atoms with Gasteiger partial charge in [0.1, 0.15) is 11.2 Å². The average Bonchev–Trinajstić information content (AvgIpc) is 3.34. The number of ether oxygens (including phenoxy) is 1. The third-order valence-corrected chi connectivity index (χ3v) is 6.06. The van der Waals surface area contributed by atoms with E-state index in [-0.39, 0.29) is 6.61 Å². The van der Waals surface area contributed by atoms with Crippen LogP contribution < -0.4 is 4.74 Å². The third-order valence-electron chi connectivity index (χ3n) is 4.00. The molecule has 1 aliphatic rings. The van der Waals surface area contributed by atoms with Gasteiger partial charge in [-0.2, -0.15) is 0 Å². The Labute approximate surface area is 145 Å². The zero-order valence-electron chi connectivity index (χ0n) is 12.6. The van der Waals surface area contributed by atoms with E-state index >= 15 is 0 Å². The van der Waals surface area contributed by atoms with Crippen molar-refractivity contribution in [2.45, 2.75) is 25.9 Å². The number of fused-ring (bicyclic) bond motifs is 3. The molecular weight excluding hydrogens is 344 g/mol. The SMILES string of the molecule is c1csc(-c2nnc(COc3ncnc4sc5c(c34)CCC5)o2)c1. The van der Waals surface area contributed by atoms with Gasteiger partial charge in [0, 0.05) is 4.88 Å². The van der Waals surface area contributed by atoms with E-state index < -0.39 is 0 Å². The van der Waals surface area contributed by atoms with Crippen LogP contribution in [0.15, 0.2) is 28.3 Å². The number of aryl methyl sites for hydroxylation is 2. The summed E-state index contributed by atoms with van der Waals surface area (Å²) >= 11 is 3.31. The van der Waals surface area contributed by atoms with Crippen LogP contribution in [-0.4, -0.2) is 20.2 Å². The Morgan fingerprint density at radius 1 is 1.21 bits per heavy atom. The van der Waals surface area contributed by atoms with Gasteiger partial charge in [0.25, 0.3) is 11.8 Å². The van der Waals surface area contributed by atoms with Gasteiger partial charge in [-0.05, 0) is 36.3 Å². The van der Waals surface area contributed by atoms with E-state index in [1.54, 1.807) is 29.0 Å². The molecule has 0 aliphatic heterocycles. The Kier molecular flexibility index (Phi) is 3.30. The number of aromatic nitrogens is 4. The molecule has 0 fully saturated rings. The molecule has 4 heterocycles. The summed E-state index contributed by atoms with van der Waals surface area (Å²) in [6, 6.07) is 3.90. The van der Waals surface area contributed by atoms with Crippen LogP contribution >= 0.6 is 22.7 Å². The van der Waals surface area contributed by atoms with Gasteiger partial charge in [-0.3, -0.25) is 0 Å². The molecule has 4 aromatic rings. The van der Waals surface area contributed by atoms with Crippen molar-refractivity contribution in [3.8, 4) is 16.6 Å². The Morgan fingerprint density at radius 3 is 3.12 bits per heavy atom. The summed E-state index contributed by atoms with van der Waals surface area (Å²) in [6.45, 7) is 0.203. The molecule has 6 nitrogen and oxygen atoms in total. The Morgan fingerprint density at radius 2 is 2.21 bits per heavy atom. The van der Waals surface area contributed by atoms with Gasteiger partial charge in [-0.25, -0.2) is 9.97 Å². The maximum absolute atomic E-state index is 5.88. The molecular formula is C16H12N4O2S2. The highest BCUT2D eigenvalue weighted by molar-refractivity contribution is 7.19. The highest BCUT2D eigenvalue weighted by atomic mass is 32.1. The van der Waals surface area contributed by atoms with Crippen LogP contribution in [0.25, 0.3) is 21.0 Å². The quantitative estimate of drug-likeness (QED) is 0.553. The molecule has 0 atom stereocenters. The highest BCUT2D eigenvalue weighted by Gasteiger charge is 2.22. The number of hydrogen-bond acceptors (Lipinski definition) is 8. The van der Waals surface area contributed by atoms with Crippen LogP contribution in [0.4, 0.5) is 0 Å². The van der Waals surface area contributed by atoms with Gasteiger partial charge in [0.15, 0.2) is 6.61 Å². The first kappa shape index (κ1) is 14.1. The van der Waals surface area contributed by atoms with E-state index in [0.717, 1.165) is 27.9 Å². The molecule has 0 radical (unpaired) electrons. The molecule has 24 heavy (non-hydrogen) atoms. The fraction of sp³-hybridized carbons (Fsp3) is 0.250. The monoisotopic (exact) mass is 356 g/mol. The normalized spacial score (nSPS) is 13.5. The summed E-state index contributed by atoms with van der Waals surface area (Å²) in [7, 11) is 0. The van der Waals surface area contributed by atoms with Gasteiger partial charge in [-0.15, -0.1) is 32.9 Å². The van der Waals surface area contributed by atoms with Crippen LogP contribution in [-0.2, 0) is 19.4 Å². The van der Waals surface area contributed by atoms with Gasteiger partial charge in [-0.1, -0.05) is 6.07 Å². The Hall–Kier alpha value is -2.32. The van der Waals surface area contributed by atoms with Gasteiger partial charge < -0.3 is 9.15 Å². The second-order valence-electron chi connectivity index (χ2n) is 5.48. The lowest BCUT2D eigenvalue weighted by molar-refractivity contribution is 0.258. The lowest BCUT2D eigenvalue weighted by Crippen LogP contribution is -1.99. The zero-order chi connectivity index (χ0) is 15.9. The van der Waals surface area contributed by atoms with Crippen molar-refractivity contribution in [3.63, 3.8) is 0 Å². The summed E-state index contributed by atoms with van der Waals surface area (Å²) in [5.41, 5.74) is 1.34. The lowest BCUT2D eigenvalue weighted by Gasteiger charge is -2.04. The van der Waals surface area contributed by atoms with Crippen molar-refractivity contribution >= 4 is 32.9 Å². The molecule has 0 saturated heterocycles. The van der Waals surface area contributed by atoms with E-state index in [2.05, 4.69) is 20.2 Å². The van der Waals surface area contributed by atoms with Crippen LogP contribution in [0.1, 0.15) is 22.8 Å². The molecule has 1 aliphatic carbocycles. The second kappa shape index (κ2) is 5.64. The van der Waals surface area contributed by atoms with E-state index in [1.807, 2.05) is 17.5 Å². The van der Waals surface area contributed by atoms with Crippen molar-refractivity contribution in [2.24, 2.45) is 0 Å². The summed E-state index contributed by atoms with van der Waals surface area (Å²) in [5.74, 6) is 1.57.